The molecule has 5 rings (SSSR count). The molecule has 1 aliphatic carbocycles. The van der Waals surface area contributed by atoms with Crippen LogP contribution < -0.4 is 16.4 Å². The Kier molecular flexibility index (Phi) is 6.50. The Morgan fingerprint density at radius 2 is 1.97 bits per heavy atom. The van der Waals surface area contributed by atoms with Crippen LogP contribution in [0.15, 0.2) is 24.4 Å². The van der Waals surface area contributed by atoms with E-state index in [1.807, 2.05) is 4.57 Å². The first-order valence-electron chi connectivity index (χ1n) is 12.0. The van der Waals surface area contributed by atoms with Crippen molar-refractivity contribution in [3.8, 4) is 0 Å². The molecule has 1 saturated heterocycles. The summed E-state index contributed by atoms with van der Waals surface area (Å²) in [6.45, 7) is 3.48. The minimum atomic E-state index is -0.719. The normalized spacial score (nSPS) is 24.9. The first-order chi connectivity index (χ1) is 16.9. The maximum Gasteiger partial charge on any atom is 0.224 e. The van der Waals surface area contributed by atoms with Crippen molar-refractivity contribution in [1.82, 2.24) is 19.5 Å². The Bertz CT molecular complexity index is 1230. The molecule has 3 heterocycles. The molecule has 0 bridgehead atoms. The van der Waals surface area contributed by atoms with Gasteiger partial charge in [-0.05, 0) is 50.2 Å². The maximum atomic E-state index is 14.4. The largest absolute Gasteiger partial charge is 0.381 e. The molecule has 0 radical (unpaired) electrons. The third kappa shape index (κ3) is 4.90. The number of imidazole rings is 1. The van der Waals surface area contributed by atoms with Crippen LogP contribution in [0.4, 0.5) is 26.4 Å². The minimum Gasteiger partial charge on any atom is -0.381 e. The number of aromatic nitrogens is 4. The van der Waals surface area contributed by atoms with Gasteiger partial charge in [-0.1, -0.05) is 6.92 Å². The molecule has 35 heavy (non-hydrogen) atoms. The first-order valence-corrected chi connectivity index (χ1v) is 12.0. The van der Waals surface area contributed by atoms with Gasteiger partial charge >= 0.3 is 0 Å². The Hall–Kier alpha value is -3.34. The molecule has 3 aromatic rings. The molecule has 1 amide bonds. The third-order valence-corrected chi connectivity index (χ3v) is 7.03. The lowest BCUT2D eigenvalue weighted by Crippen LogP contribution is -2.36. The quantitative estimate of drug-likeness (QED) is 0.484. The molecule has 9 nitrogen and oxygen atoms in total. The zero-order chi connectivity index (χ0) is 24.5. The number of primary amides is 1. The summed E-state index contributed by atoms with van der Waals surface area (Å²) in [6, 6.07) is 3.52. The summed E-state index contributed by atoms with van der Waals surface area (Å²) in [5.74, 6) is -0.630. The molecule has 186 valence electrons. The van der Waals surface area contributed by atoms with Crippen molar-refractivity contribution >= 4 is 34.7 Å². The lowest BCUT2D eigenvalue weighted by Gasteiger charge is -2.30. The fraction of sp³-hybridized carbons (Fsp3) is 0.500. The van der Waals surface area contributed by atoms with Crippen LogP contribution >= 0.6 is 0 Å². The van der Waals surface area contributed by atoms with Crippen LogP contribution in [-0.2, 0) is 9.53 Å². The fourth-order valence-electron chi connectivity index (χ4n) is 4.98. The number of nitrogens with two attached hydrogens (primary N) is 1. The average Bonchev–Trinajstić information content (AvgIpc) is 3.19. The monoisotopic (exact) mass is 485 g/mol. The second kappa shape index (κ2) is 9.73. The van der Waals surface area contributed by atoms with Crippen LogP contribution in [-0.4, -0.2) is 44.7 Å². The summed E-state index contributed by atoms with van der Waals surface area (Å²) in [4.78, 5) is 25.5. The number of nitrogens with zero attached hydrogens (tertiary/aromatic N) is 4. The van der Waals surface area contributed by atoms with Crippen molar-refractivity contribution in [1.29, 1.82) is 0 Å². The lowest BCUT2D eigenvalue weighted by molar-refractivity contribution is -0.122. The van der Waals surface area contributed by atoms with E-state index >= 15 is 0 Å². The minimum absolute atomic E-state index is 0.0219. The Morgan fingerprint density at radius 3 is 2.69 bits per heavy atom. The SMILES string of the molecule is C[C@H]1COCC[C@H]1Nc1ncc2nc(Nc3ccc(F)cc3F)n([C@H]3CC[C@H](C(N)=O)CC3)c2n1. The van der Waals surface area contributed by atoms with Crippen LogP contribution in [0.5, 0.6) is 0 Å². The van der Waals surface area contributed by atoms with Gasteiger partial charge < -0.3 is 21.1 Å². The summed E-state index contributed by atoms with van der Waals surface area (Å²) in [7, 11) is 0. The molecule has 2 fully saturated rings. The topological polar surface area (TPSA) is 120 Å². The van der Waals surface area contributed by atoms with Gasteiger partial charge in [0.25, 0.3) is 0 Å². The zero-order valence-corrected chi connectivity index (χ0v) is 19.5. The van der Waals surface area contributed by atoms with Gasteiger partial charge in [0.1, 0.15) is 17.2 Å². The van der Waals surface area contributed by atoms with Crippen molar-refractivity contribution in [3.63, 3.8) is 0 Å². The number of benzene rings is 1. The standard InChI is InChI=1S/C24H29F2N7O2/c1-13-12-35-9-8-18(13)29-23-28-11-20-22(32-23)33(16-5-2-14(3-6-16)21(27)34)24(31-20)30-19-7-4-15(25)10-17(19)26/h4,7,10-11,13-14,16,18H,2-3,5-6,8-9,12H2,1H3,(H2,27,34)(H,30,31)(H,28,29,32)/t13-,14-,16-,18+/m0/s1. The van der Waals surface area contributed by atoms with Crippen molar-refractivity contribution in [2.75, 3.05) is 23.8 Å². The molecule has 4 N–H and O–H groups in total. The number of carbonyl (C=O) groups is 1. The molecule has 2 aromatic heterocycles. The van der Waals surface area contributed by atoms with Gasteiger partial charge in [-0.15, -0.1) is 0 Å². The highest BCUT2D eigenvalue weighted by Gasteiger charge is 2.30. The van der Waals surface area contributed by atoms with E-state index in [1.54, 1.807) is 6.20 Å². The smallest absolute Gasteiger partial charge is 0.224 e. The average molecular weight is 486 g/mol. The van der Waals surface area contributed by atoms with E-state index in [-0.39, 0.29) is 29.6 Å². The van der Waals surface area contributed by atoms with Gasteiger partial charge in [-0.25, -0.2) is 18.7 Å². The van der Waals surface area contributed by atoms with Crippen molar-refractivity contribution in [3.05, 3.63) is 36.0 Å². The number of hydrogen-bond acceptors (Lipinski definition) is 7. The van der Waals surface area contributed by atoms with E-state index in [4.69, 9.17) is 15.5 Å². The number of carbonyl (C=O) groups excluding carboxylic acids is 1. The molecular formula is C24H29F2N7O2. The molecule has 0 unspecified atom stereocenters. The van der Waals surface area contributed by atoms with E-state index in [9.17, 15) is 13.6 Å². The van der Waals surface area contributed by atoms with E-state index in [2.05, 4.69) is 27.5 Å². The van der Waals surface area contributed by atoms with Gasteiger partial charge in [0, 0.05) is 30.7 Å². The van der Waals surface area contributed by atoms with E-state index < -0.39 is 11.6 Å². The Morgan fingerprint density at radius 1 is 1.17 bits per heavy atom. The van der Waals surface area contributed by atoms with Crippen LogP contribution in [0.25, 0.3) is 11.2 Å². The van der Waals surface area contributed by atoms with Crippen LogP contribution in [0, 0.1) is 23.5 Å². The number of nitrogens with one attached hydrogen (secondary N) is 2. The van der Waals surface area contributed by atoms with Crippen molar-refractivity contribution in [2.45, 2.75) is 51.1 Å². The number of anilines is 3. The summed E-state index contributed by atoms with van der Waals surface area (Å²) < 4.78 is 35.3. The van der Waals surface area contributed by atoms with E-state index in [1.165, 1.54) is 12.1 Å². The van der Waals surface area contributed by atoms with Gasteiger partial charge in [0.2, 0.25) is 17.8 Å². The molecule has 11 heteroatoms. The predicted molar refractivity (Wildman–Crippen MR) is 127 cm³/mol. The lowest BCUT2D eigenvalue weighted by atomic mass is 9.85. The van der Waals surface area contributed by atoms with E-state index in [0.717, 1.165) is 12.5 Å². The summed E-state index contributed by atoms with van der Waals surface area (Å²) in [6.07, 6.45) is 5.20. The molecule has 1 aliphatic heterocycles. The third-order valence-electron chi connectivity index (χ3n) is 7.03. The van der Waals surface area contributed by atoms with E-state index in [0.29, 0.717) is 67.9 Å². The Balaban J connectivity index is 1.50. The molecule has 1 saturated carbocycles. The van der Waals surface area contributed by atoms with Crippen LogP contribution in [0.2, 0.25) is 0 Å². The summed E-state index contributed by atoms with van der Waals surface area (Å²) in [5, 5.41) is 6.43. The van der Waals surface area contributed by atoms with Crippen molar-refractivity contribution in [2.24, 2.45) is 17.6 Å². The van der Waals surface area contributed by atoms with Gasteiger partial charge in [0.15, 0.2) is 5.65 Å². The number of fused-ring (bicyclic) bond motifs is 1. The molecular weight excluding hydrogens is 456 g/mol. The highest BCUT2D eigenvalue weighted by atomic mass is 19.1. The number of amides is 1. The Labute approximate surface area is 201 Å². The zero-order valence-electron chi connectivity index (χ0n) is 19.5. The molecule has 2 aliphatic rings. The number of halogens is 2. The summed E-state index contributed by atoms with van der Waals surface area (Å²) in [5.41, 5.74) is 6.79. The second-order valence-electron chi connectivity index (χ2n) is 9.46. The van der Waals surface area contributed by atoms with Crippen LogP contribution in [0.1, 0.15) is 45.1 Å². The van der Waals surface area contributed by atoms with Gasteiger partial charge in [-0.3, -0.25) is 9.36 Å². The highest BCUT2D eigenvalue weighted by molar-refractivity contribution is 5.78. The first kappa shape index (κ1) is 23.4. The summed E-state index contributed by atoms with van der Waals surface area (Å²) >= 11 is 0. The van der Waals surface area contributed by atoms with Gasteiger partial charge in [-0.2, -0.15) is 4.98 Å². The highest BCUT2D eigenvalue weighted by Crippen LogP contribution is 2.37. The predicted octanol–water partition coefficient (Wildman–Crippen LogP) is 3.90. The van der Waals surface area contributed by atoms with Crippen molar-refractivity contribution < 1.29 is 18.3 Å². The molecule has 0 spiro atoms. The second-order valence-corrected chi connectivity index (χ2v) is 9.46. The van der Waals surface area contributed by atoms with Crippen LogP contribution in [0.3, 0.4) is 0 Å². The van der Waals surface area contributed by atoms with Gasteiger partial charge in [0.05, 0.1) is 18.5 Å². The maximum absolute atomic E-state index is 14.4. The molecule has 2 atom stereocenters. The number of ether oxygens (including phenoxy) is 1. The number of hydrogen-bond donors (Lipinski definition) is 3. The fourth-order valence-corrected chi connectivity index (χ4v) is 4.98. The molecule has 1 aromatic carbocycles. The number of rotatable bonds is 6.